The van der Waals surface area contributed by atoms with Gasteiger partial charge in [-0.15, -0.1) is 0 Å². The van der Waals surface area contributed by atoms with Gasteiger partial charge < -0.3 is 14.5 Å². The summed E-state index contributed by atoms with van der Waals surface area (Å²) in [7, 11) is 1.77. The number of nitrogens with zero attached hydrogens (tertiary/aromatic N) is 2. The van der Waals surface area contributed by atoms with Crippen LogP contribution in [0, 0.1) is 0 Å². The number of carbonyl (C=O) groups excluding carboxylic acids is 1. The number of rotatable bonds is 5. The molecule has 0 aliphatic rings. The standard InChI is InChI=1S/C15H22N4O3/c1-15(2,3)22-14(20)18-13-12(9-17-19(13)4)8-16-7-11-5-6-21-10-11/h5-6,9-10,16H,7-8H2,1-4H3,(H,18,20). The number of nitrogens with one attached hydrogen (secondary N) is 2. The van der Waals surface area contributed by atoms with E-state index in [-0.39, 0.29) is 0 Å². The van der Waals surface area contributed by atoms with Crippen molar-refractivity contribution in [2.45, 2.75) is 39.5 Å². The smallest absolute Gasteiger partial charge is 0.413 e. The number of aryl methyl sites for hydroxylation is 1. The van der Waals surface area contributed by atoms with Crippen LogP contribution in [-0.4, -0.2) is 21.5 Å². The van der Waals surface area contributed by atoms with E-state index >= 15 is 0 Å². The van der Waals surface area contributed by atoms with Crippen LogP contribution >= 0.6 is 0 Å². The predicted octanol–water partition coefficient (Wildman–Crippen LogP) is 2.65. The minimum atomic E-state index is -0.539. The second-order valence-electron chi connectivity index (χ2n) is 6.00. The number of carbonyl (C=O) groups is 1. The minimum absolute atomic E-state index is 0.493. The molecule has 0 fully saturated rings. The van der Waals surface area contributed by atoms with Crippen LogP contribution in [0.1, 0.15) is 31.9 Å². The highest BCUT2D eigenvalue weighted by Crippen LogP contribution is 2.16. The van der Waals surface area contributed by atoms with Crippen molar-refractivity contribution in [3.05, 3.63) is 35.9 Å². The molecule has 2 N–H and O–H groups in total. The summed E-state index contributed by atoms with van der Waals surface area (Å²) in [5, 5.41) is 10.2. The van der Waals surface area contributed by atoms with E-state index in [1.54, 1.807) is 30.5 Å². The molecule has 7 nitrogen and oxygen atoms in total. The lowest BCUT2D eigenvalue weighted by molar-refractivity contribution is 0.0634. The highest BCUT2D eigenvalue weighted by Gasteiger charge is 2.18. The third-order valence-electron chi connectivity index (χ3n) is 2.86. The lowest BCUT2D eigenvalue weighted by Crippen LogP contribution is -2.28. The summed E-state index contributed by atoms with van der Waals surface area (Å²) in [5.74, 6) is 0.619. The number of hydrogen-bond donors (Lipinski definition) is 2. The first-order chi connectivity index (χ1) is 10.3. The third kappa shape index (κ3) is 4.63. The van der Waals surface area contributed by atoms with Gasteiger partial charge >= 0.3 is 6.09 Å². The van der Waals surface area contributed by atoms with Crippen LogP contribution in [0.25, 0.3) is 0 Å². The van der Waals surface area contributed by atoms with Gasteiger partial charge in [0, 0.05) is 31.3 Å². The lowest BCUT2D eigenvalue weighted by atomic mass is 10.2. The second-order valence-corrected chi connectivity index (χ2v) is 6.00. The second kappa shape index (κ2) is 6.65. The largest absolute Gasteiger partial charge is 0.472 e. The highest BCUT2D eigenvalue weighted by atomic mass is 16.6. The van der Waals surface area contributed by atoms with Crippen molar-refractivity contribution in [1.82, 2.24) is 15.1 Å². The molecule has 0 aromatic carbocycles. The Morgan fingerprint density at radius 2 is 2.18 bits per heavy atom. The zero-order chi connectivity index (χ0) is 16.2. The molecule has 2 heterocycles. The number of amides is 1. The SMILES string of the molecule is Cn1ncc(CNCc2ccoc2)c1NC(=O)OC(C)(C)C. The number of anilines is 1. The molecule has 1 amide bonds. The van der Waals surface area contributed by atoms with E-state index in [0.717, 1.165) is 11.1 Å². The quantitative estimate of drug-likeness (QED) is 0.887. The van der Waals surface area contributed by atoms with E-state index in [2.05, 4.69) is 15.7 Å². The molecular weight excluding hydrogens is 284 g/mol. The van der Waals surface area contributed by atoms with Crippen LogP contribution in [0.3, 0.4) is 0 Å². The molecule has 2 rings (SSSR count). The average Bonchev–Trinajstić information content (AvgIpc) is 3.01. The molecule has 22 heavy (non-hydrogen) atoms. The fourth-order valence-corrected chi connectivity index (χ4v) is 1.91. The lowest BCUT2D eigenvalue weighted by Gasteiger charge is -2.20. The Morgan fingerprint density at radius 3 is 2.82 bits per heavy atom. The van der Waals surface area contributed by atoms with Crippen LogP contribution < -0.4 is 10.6 Å². The molecule has 0 aliphatic heterocycles. The Balaban J connectivity index is 1.94. The fourth-order valence-electron chi connectivity index (χ4n) is 1.91. The van der Waals surface area contributed by atoms with Crippen molar-refractivity contribution in [1.29, 1.82) is 0 Å². The van der Waals surface area contributed by atoms with E-state index in [1.165, 1.54) is 0 Å². The molecule has 0 spiro atoms. The van der Waals surface area contributed by atoms with Gasteiger partial charge in [0.15, 0.2) is 0 Å². The van der Waals surface area contributed by atoms with Crippen LogP contribution in [0.5, 0.6) is 0 Å². The summed E-state index contributed by atoms with van der Waals surface area (Å²) in [6.45, 7) is 6.72. The normalized spacial score (nSPS) is 11.5. The molecule has 0 saturated heterocycles. The van der Waals surface area contributed by atoms with Gasteiger partial charge in [0.05, 0.1) is 18.7 Å². The molecule has 0 unspecified atom stereocenters. The summed E-state index contributed by atoms with van der Waals surface area (Å²) >= 11 is 0. The van der Waals surface area contributed by atoms with Crippen LogP contribution in [0.2, 0.25) is 0 Å². The van der Waals surface area contributed by atoms with Crippen molar-refractivity contribution < 1.29 is 13.9 Å². The number of ether oxygens (including phenoxy) is 1. The molecule has 0 saturated carbocycles. The van der Waals surface area contributed by atoms with Gasteiger partial charge in [0.2, 0.25) is 0 Å². The number of furan rings is 1. The maximum absolute atomic E-state index is 11.9. The summed E-state index contributed by atoms with van der Waals surface area (Å²) in [4.78, 5) is 11.9. The van der Waals surface area contributed by atoms with E-state index < -0.39 is 11.7 Å². The molecule has 0 aliphatic carbocycles. The van der Waals surface area contributed by atoms with Gasteiger partial charge in [-0.1, -0.05) is 0 Å². The molecule has 120 valence electrons. The van der Waals surface area contributed by atoms with Crippen molar-refractivity contribution in [3.8, 4) is 0 Å². The van der Waals surface area contributed by atoms with E-state index in [1.807, 2.05) is 26.8 Å². The van der Waals surface area contributed by atoms with Gasteiger partial charge in [-0.3, -0.25) is 10.00 Å². The van der Waals surface area contributed by atoms with Gasteiger partial charge in [0.25, 0.3) is 0 Å². The van der Waals surface area contributed by atoms with Gasteiger partial charge in [0.1, 0.15) is 11.4 Å². The first-order valence-electron chi connectivity index (χ1n) is 7.08. The summed E-state index contributed by atoms with van der Waals surface area (Å²) in [6, 6.07) is 1.90. The fraction of sp³-hybridized carbons (Fsp3) is 0.467. The number of hydrogen-bond acceptors (Lipinski definition) is 5. The van der Waals surface area contributed by atoms with Crippen molar-refractivity contribution >= 4 is 11.9 Å². The zero-order valence-corrected chi connectivity index (χ0v) is 13.3. The average molecular weight is 306 g/mol. The van der Waals surface area contributed by atoms with Gasteiger partial charge in [-0.25, -0.2) is 4.79 Å². The zero-order valence-electron chi connectivity index (χ0n) is 13.3. The molecule has 0 atom stereocenters. The summed E-state index contributed by atoms with van der Waals surface area (Å²) < 4.78 is 11.9. The van der Waals surface area contributed by atoms with Gasteiger partial charge in [-0.2, -0.15) is 5.10 Å². The molecule has 0 bridgehead atoms. The Morgan fingerprint density at radius 1 is 1.41 bits per heavy atom. The Kier molecular flexibility index (Phi) is 4.87. The minimum Gasteiger partial charge on any atom is -0.472 e. The third-order valence-corrected chi connectivity index (χ3v) is 2.86. The van der Waals surface area contributed by atoms with E-state index in [0.29, 0.717) is 18.9 Å². The van der Waals surface area contributed by atoms with Crippen molar-refractivity contribution in [2.24, 2.45) is 7.05 Å². The molecular formula is C15H22N4O3. The topological polar surface area (TPSA) is 81.3 Å². The Bertz CT molecular complexity index is 611. The first-order valence-corrected chi connectivity index (χ1v) is 7.08. The monoisotopic (exact) mass is 306 g/mol. The molecule has 2 aromatic rings. The van der Waals surface area contributed by atoms with Crippen LogP contribution in [0.15, 0.2) is 29.2 Å². The van der Waals surface area contributed by atoms with Gasteiger partial charge in [-0.05, 0) is 26.8 Å². The number of aromatic nitrogens is 2. The van der Waals surface area contributed by atoms with Crippen LogP contribution in [0.4, 0.5) is 10.6 Å². The Labute approximate surface area is 129 Å². The summed E-state index contributed by atoms with van der Waals surface area (Å²) in [5.41, 5.74) is 1.41. The molecule has 7 heteroatoms. The molecule has 0 radical (unpaired) electrons. The highest BCUT2D eigenvalue weighted by molar-refractivity contribution is 5.84. The summed E-state index contributed by atoms with van der Waals surface area (Å²) in [6.07, 6.45) is 4.55. The Hall–Kier alpha value is -2.28. The van der Waals surface area contributed by atoms with Crippen LogP contribution in [-0.2, 0) is 24.9 Å². The molecule has 2 aromatic heterocycles. The van der Waals surface area contributed by atoms with E-state index in [4.69, 9.17) is 9.15 Å². The van der Waals surface area contributed by atoms with E-state index in [9.17, 15) is 4.79 Å². The maximum Gasteiger partial charge on any atom is 0.413 e. The van der Waals surface area contributed by atoms with Crippen molar-refractivity contribution in [2.75, 3.05) is 5.32 Å². The first kappa shape index (κ1) is 16.1. The van der Waals surface area contributed by atoms with Crippen molar-refractivity contribution in [3.63, 3.8) is 0 Å². The predicted molar refractivity (Wildman–Crippen MR) is 82.3 cm³/mol. The maximum atomic E-state index is 11.9.